The molecule has 0 aliphatic heterocycles. The van der Waals surface area contributed by atoms with Gasteiger partial charge in [-0.25, -0.2) is 8.42 Å². The smallest absolute Gasteiger partial charge is 0.210 e. The maximum absolute atomic E-state index is 13.5. The third-order valence-electron chi connectivity index (χ3n) is 4.99. The highest BCUT2D eigenvalue weighted by atomic mass is 32.2. The fourth-order valence-electron chi connectivity index (χ4n) is 3.27. The van der Waals surface area contributed by atoms with Crippen molar-refractivity contribution >= 4 is 32.1 Å². The number of anilines is 2. The summed E-state index contributed by atoms with van der Waals surface area (Å²) < 4.78 is 26.9. The molecular formula is C24H22N2O2S. The van der Waals surface area contributed by atoms with E-state index in [1.54, 1.807) is 12.1 Å². The molecule has 0 radical (unpaired) electrons. The number of hydrogen-bond acceptors (Lipinski definition) is 4. The molecule has 0 fully saturated rings. The zero-order valence-corrected chi connectivity index (χ0v) is 17.2. The molecule has 29 heavy (non-hydrogen) atoms. The lowest BCUT2D eigenvalue weighted by Crippen LogP contribution is -2.07. The molecule has 4 rings (SSSR count). The van der Waals surface area contributed by atoms with Crippen LogP contribution in [0.3, 0.4) is 0 Å². The predicted molar refractivity (Wildman–Crippen MR) is 117 cm³/mol. The van der Waals surface area contributed by atoms with Crippen molar-refractivity contribution in [2.24, 2.45) is 0 Å². The number of sulfone groups is 1. The van der Waals surface area contributed by atoms with Crippen molar-refractivity contribution in [3.05, 3.63) is 90.1 Å². The van der Waals surface area contributed by atoms with E-state index < -0.39 is 9.84 Å². The number of pyridine rings is 1. The van der Waals surface area contributed by atoms with Crippen LogP contribution in [0.2, 0.25) is 0 Å². The van der Waals surface area contributed by atoms with Crippen LogP contribution < -0.4 is 5.32 Å². The standard InChI is InChI=1S/C24H22N2O2S/c1-3-18-10-14-20(15-11-18)29(27,28)23-16-25-22-7-5-4-6-21(22)24(23)26-19-12-8-17(2)9-13-19/h4-16H,3H2,1-2H3,(H,25,26). The van der Waals surface area contributed by atoms with Crippen molar-refractivity contribution in [2.45, 2.75) is 30.1 Å². The molecule has 1 aromatic heterocycles. The quantitative estimate of drug-likeness (QED) is 0.466. The van der Waals surface area contributed by atoms with Gasteiger partial charge in [0, 0.05) is 17.3 Å². The van der Waals surface area contributed by atoms with Gasteiger partial charge in [0.15, 0.2) is 0 Å². The number of benzene rings is 3. The van der Waals surface area contributed by atoms with Gasteiger partial charge in [0.1, 0.15) is 4.90 Å². The van der Waals surface area contributed by atoms with E-state index in [1.807, 2.05) is 74.5 Å². The highest BCUT2D eigenvalue weighted by Gasteiger charge is 2.24. The Morgan fingerprint density at radius 3 is 2.28 bits per heavy atom. The first-order valence-corrected chi connectivity index (χ1v) is 11.0. The SMILES string of the molecule is CCc1ccc(S(=O)(=O)c2cnc3ccccc3c2Nc2ccc(C)cc2)cc1. The second-order valence-corrected chi connectivity index (χ2v) is 8.92. The number of rotatable bonds is 5. The predicted octanol–water partition coefficient (Wildman–Crippen LogP) is 5.68. The van der Waals surface area contributed by atoms with E-state index in [4.69, 9.17) is 0 Å². The number of aromatic nitrogens is 1. The minimum Gasteiger partial charge on any atom is -0.354 e. The lowest BCUT2D eigenvalue weighted by Gasteiger charge is -2.15. The van der Waals surface area contributed by atoms with Crippen molar-refractivity contribution in [3.63, 3.8) is 0 Å². The van der Waals surface area contributed by atoms with Gasteiger partial charge in [-0.3, -0.25) is 4.98 Å². The molecule has 3 aromatic carbocycles. The molecule has 0 unspecified atom stereocenters. The molecule has 0 saturated carbocycles. The number of hydrogen-bond donors (Lipinski definition) is 1. The van der Waals surface area contributed by atoms with Gasteiger partial charge in [0.25, 0.3) is 0 Å². The second-order valence-electron chi connectivity index (χ2n) is 7.01. The minimum atomic E-state index is -3.74. The largest absolute Gasteiger partial charge is 0.354 e. The van der Waals surface area contributed by atoms with Gasteiger partial charge in [0.2, 0.25) is 9.84 Å². The molecule has 4 nitrogen and oxygen atoms in total. The average molecular weight is 403 g/mol. The summed E-state index contributed by atoms with van der Waals surface area (Å²) in [5.41, 5.74) is 4.34. The summed E-state index contributed by atoms with van der Waals surface area (Å²) in [6, 6.07) is 22.4. The van der Waals surface area contributed by atoms with Crippen LogP contribution in [0.15, 0.2) is 88.8 Å². The molecule has 0 aliphatic carbocycles. The van der Waals surface area contributed by atoms with Gasteiger partial charge in [-0.2, -0.15) is 0 Å². The van der Waals surface area contributed by atoms with Crippen LogP contribution in [0.1, 0.15) is 18.1 Å². The summed E-state index contributed by atoms with van der Waals surface area (Å²) in [6.45, 7) is 4.06. The third-order valence-corrected chi connectivity index (χ3v) is 6.77. The van der Waals surface area contributed by atoms with E-state index in [1.165, 1.54) is 6.20 Å². The van der Waals surface area contributed by atoms with Crippen molar-refractivity contribution in [1.82, 2.24) is 4.98 Å². The Morgan fingerprint density at radius 1 is 0.897 bits per heavy atom. The third kappa shape index (κ3) is 3.74. The first-order chi connectivity index (χ1) is 14.0. The summed E-state index contributed by atoms with van der Waals surface area (Å²) in [4.78, 5) is 4.83. The van der Waals surface area contributed by atoms with Gasteiger partial charge in [-0.05, 0) is 49.2 Å². The van der Waals surface area contributed by atoms with Gasteiger partial charge >= 0.3 is 0 Å². The Balaban J connectivity index is 1.90. The number of fused-ring (bicyclic) bond motifs is 1. The van der Waals surface area contributed by atoms with E-state index in [9.17, 15) is 8.42 Å². The monoisotopic (exact) mass is 402 g/mol. The van der Waals surface area contributed by atoms with E-state index >= 15 is 0 Å². The molecule has 1 heterocycles. The van der Waals surface area contributed by atoms with Gasteiger partial charge in [-0.1, -0.05) is 55.0 Å². The average Bonchev–Trinajstić information content (AvgIpc) is 2.75. The normalized spacial score (nSPS) is 11.5. The molecule has 0 spiro atoms. The molecule has 0 amide bonds. The summed E-state index contributed by atoms with van der Waals surface area (Å²) in [7, 11) is -3.74. The first kappa shape index (κ1) is 19.2. The van der Waals surface area contributed by atoms with E-state index in [-0.39, 0.29) is 9.79 Å². The van der Waals surface area contributed by atoms with Crippen LogP contribution in [-0.4, -0.2) is 13.4 Å². The van der Waals surface area contributed by atoms with E-state index in [0.29, 0.717) is 5.69 Å². The van der Waals surface area contributed by atoms with Crippen molar-refractivity contribution in [1.29, 1.82) is 0 Å². The summed E-state index contributed by atoms with van der Waals surface area (Å²) in [5.74, 6) is 0. The van der Waals surface area contributed by atoms with Crippen molar-refractivity contribution in [2.75, 3.05) is 5.32 Å². The van der Waals surface area contributed by atoms with Crippen LogP contribution in [0.5, 0.6) is 0 Å². The highest BCUT2D eigenvalue weighted by molar-refractivity contribution is 7.91. The number of aryl methyl sites for hydroxylation is 2. The zero-order valence-electron chi connectivity index (χ0n) is 16.4. The summed E-state index contributed by atoms with van der Waals surface area (Å²) in [6.07, 6.45) is 2.31. The van der Waals surface area contributed by atoms with Gasteiger partial charge in [0.05, 0.1) is 16.1 Å². The number of nitrogens with zero attached hydrogens (tertiary/aromatic N) is 1. The Bertz CT molecular complexity index is 1260. The van der Waals surface area contributed by atoms with Crippen LogP contribution >= 0.6 is 0 Å². The Labute approximate surface area is 171 Å². The van der Waals surface area contributed by atoms with Crippen LogP contribution in [0.25, 0.3) is 10.9 Å². The Morgan fingerprint density at radius 2 is 1.59 bits per heavy atom. The van der Waals surface area contributed by atoms with Crippen LogP contribution in [0, 0.1) is 6.92 Å². The molecule has 4 aromatic rings. The Kier molecular flexibility index (Phi) is 5.07. The van der Waals surface area contributed by atoms with E-state index in [2.05, 4.69) is 10.3 Å². The fraction of sp³-hybridized carbons (Fsp3) is 0.125. The molecule has 0 bridgehead atoms. The van der Waals surface area contributed by atoms with Crippen LogP contribution in [-0.2, 0) is 16.3 Å². The van der Waals surface area contributed by atoms with Crippen LogP contribution in [0.4, 0.5) is 11.4 Å². The zero-order chi connectivity index (χ0) is 20.4. The number of nitrogens with one attached hydrogen (secondary N) is 1. The molecular weight excluding hydrogens is 380 g/mol. The summed E-state index contributed by atoms with van der Waals surface area (Å²) in [5, 5.41) is 4.09. The van der Waals surface area contributed by atoms with Gasteiger partial charge in [-0.15, -0.1) is 0 Å². The number of para-hydroxylation sites is 1. The maximum atomic E-state index is 13.5. The molecule has 0 saturated heterocycles. The summed E-state index contributed by atoms with van der Waals surface area (Å²) >= 11 is 0. The lowest BCUT2D eigenvalue weighted by atomic mass is 10.1. The van der Waals surface area contributed by atoms with Gasteiger partial charge < -0.3 is 5.32 Å². The topological polar surface area (TPSA) is 59.1 Å². The highest BCUT2D eigenvalue weighted by Crippen LogP contribution is 2.35. The molecule has 1 N–H and O–H groups in total. The molecule has 146 valence electrons. The second kappa shape index (κ2) is 7.68. The lowest BCUT2D eigenvalue weighted by molar-refractivity contribution is 0.596. The maximum Gasteiger partial charge on any atom is 0.210 e. The molecule has 0 aliphatic rings. The molecule has 0 atom stereocenters. The first-order valence-electron chi connectivity index (χ1n) is 9.54. The molecule has 5 heteroatoms. The van der Waals surface area contributed by atoms with Crippen molar-refractivity contribution < 1.29 is 8.42 Å². The minimum absolute atomic E-state index is 0.168. The van der Waals surface area contributed by atoms with E-state index in [0.717, 1.165) is 34.1 Å². The Hall–Kier alpha value is -3.18. The van der Waals surface area contributed by atoms with Crippen molar-refractivity contribution in [3.8, 4) is 0 Å². The fourth-order valence-corrected chi connectivity index (χ4v) is 4.64.